The van der Waals surface area contributed by atoms with E-state index in [2.05, 4.69) is 22.1 Å². The topological polar surface area (TPSA) is 25.8 Å². The van der Waals surface area contributed by atoms with Crippen LogP contribution in [0.1, 0.15) is 25.0 Å². The molecule has 0 aliphatic rings. The van der Waals surface area contributed by atoms with E-state index in [1.807, 2.05) is 68.4 Å². The van der Waals surface area contributed by atoms with Crippen LogP contribution in [0.5, 0.6) is 0 Å². The summed E-state index contributed by atoms with van der Waals surface area (Å²) in [5.41, 5.74) is 4.00. The Labute approximate surface area is 185 Å². The summed E-state index contributed by atoms with van der Waals surface area (Å²) in [6.45, 7) is 3.97. The normalized spacial score (nSPS) is 11.0. The minimum Gasteiger partial charge on any atom is -0.305 e. The van der Waals surface area contributed by atoms with Gasteiger partial charge < -0.3 is 9.97 Å². The molecule has 0 aliphatic carbocycles. The molecule has 0 fully saturated rings. The molecule has 0 spiro atoms. The molecule has 0 aliphatic heterocycles. The van der Waals surface area contributed by atoms with E-state index in [-0.39, 0.29) is 26.9 Å². The molecule has 0 amide bonds. The van der Waals surface area contributed by atoms with Gasteiger partial charge in [0.05, 0.1) is 0 Å². The Kier molecular flexibility index (Phi) is 6.39. The average molecular weight is 562 g/mol. The van der Waals surface area contributed by atoms with Crippen molar-refractivity contribution in [2.75, 3.05) is 0 Å². The number of hydrogen-bond donors (Lipinski definition) is 0. The van der Waals surface area contributed by atoms with Crippen molar-refractivity contribution in [2.24, 2.45) is 0 Å². The molecule has 0 N–H and O–H groups in total. The van der Waals surface area contributed by atoms with Crippen LogP contribution in [-0.2, 0) is 26.5 Å². The number of nitrogens with zero attached hydrogens (tertiary/aromatic N) is 2. The van der Waals surface area contributed by atoms with E-state index < -0.39 is 5.41 Å². The zero-order valence-corrected chi connectivity index (χ0v) is 18.4. The van der Waals surface area contributed by atoms with Gasteiger partial charge in [0.1, 0.15) is 0 Å². The van der Waals surface area contributed by atoms with Crippen molar-refractivity contribution >= 4 is 0 Å². The second-order valence-electron chi connectivity index (χ2n) is 7.13. The van der Waals surface area contributed by atoms with Crippen LogP contribution in [0.25, 0.3) is 22.5 Å². The molecule has 0 atom stereocenters. The first-order valence-corrected chi connectivity index (χ1v) is 9.13. The number of halogens is 1. The van der Waals surface area contributed by atoms with E-state index in [0.29, 0.717) is 5.56 Å². The Bertz CT molecular complexity index is 1100. The third-order valence-electron chi connectivity index (χ3n) is 4.87. The molecule has 0 saturated heterocycles. The molecule has 0 bridgehead atoms. The van der Waals surface area contributed by atoms with Crippen LogP contribution < -0.4 is 0 Å². The van der Waals surface area contributed by atoms with Crippen LogP contribution in [0, 0.1) is 17.9 Å². The smallest absolute Gasteiger partial charge is 0.305 e. The van der Waals surface area contributed by atoms with Crippen LogP contribution >= 0.6 is 0 Å². The fourth-order valence-electron chi connectivity index (χ4n) is 3.24. The van der Waals surface area contributed by atoms with E-state index in [1.165, 1.54) is 6.07 Å². The summed E-state index contributed by atoms with van der Waals surface area (Å²) in [7, 11) is 0. The molecule has 2 heterocycles. The zero-order valence-electron chi connectivity index (χ0n) is 16.1. The SMILES string of the molecule is CC(C)(c1[c-]c(-c2ccccn2)ccc1)c1[c-]c(-c2ccccn2)ccc1F.[Pt+2]. The molecule has 0 radical (unpaired) electrons. The van der Waals surface area contributed by atoms with Crippen molar-refractivity contribution in [3.05, 3.63) is 108 Å². The predicted molar refractivity (Wildman–Crippen MR) is 109 cm³/mol. The molecule has 4 rings (SSSR count). The maximum Gasteiger partial charge on any atom is 2.00 e. The van der Waals surface area contributed by atoms with Gasteiger partial charge in [-0.25, -0.2) is 0 Å². The van der Waals surface area contributed by atoms with E-state index in [0.717, 1.165) is 28.1 Å². The first-order valence-electron chi connectivity index (χ1n) is 9.13. The number of benzene rings is 2. The van der Waals surface area contributed by atoms with Crippen LogP contribution in [0.3, 0.4) is 0 Å². The van der Waals surface area contributed by atoms with Crippen LogP contribution in [0.4, 0.5) is 4.39 Å². The monoisotopic (exact) mass is 561 g/mol. The molecule has 2 nitrogen and oxygen atoms in total. The van der Waals surface area contributed by atoms with Gasteiger partial charge in [0, 0.05) is 18.2 Å². The van der Waals surface area contributed by atoms with Crippen molar-refractivity contribution in [1.29, 1.82) is 0 Å². The van der Waals surface area contributed by atoms with Gasteiger partial charge in [-0.15, -0.1) is 59.2 Å². The summed E-state index contributed by atoms with van der Waals surface area (Å²) < 4.78 is 14.8. The number of aromatic nitrogens is 2. The minimum atomic E-state index is -0.625. The molecule has 0 saturated carbocycles. The second kappa shape index (κ2) is 8.80. The van der Waals surface area contributed by atoms with Crippen LogP contribution in [-0.4, -0.2) is 9.97 Å². The molecule has 2 aromatic carbocycles. The number of rotatable bonds is 4. The minimum absolute atomic E-state index is 0. The Morgan fingerprint density at radius 2 is 1.34 bits per heavy atom. The van der Waals surface area contributed by atoms with Crippen molar-refractivity contribution in [3.63, 3.8) is 0 Å². The maximum atomic E-state index is 14.8. The first-order chi connectivity index (χ1) is 13.6. The van der Waals surface area contributed by atoms with Crippen molar-refractivity contribution < 1.29 is 25.5 Å². The maximum absolute atomic E-state index is 14.8. The van der Waals surface area contributed by atoms with Gasteiger partial charge in [-0.05, 0) is 28.9 Å². The Morgan fingerprint density at radius 3 is 1.93 bits per heavy atom. The van der Waals surface area contributed by atoms with E-state index in [4.69, 9.17) is 0 Å². The number of pyridine rings is 2. The standard InChI is InChI=1S/C25H19FN2.Pt/c1-25(2,20-9-7-8-18(16-20)23-10-3-5-14-27-23)21-17-19(12-13-22(21)26)24-11-4-6-15-28-24;/h3-15H,1-2H3;/q-2;+2. The zero-order chi connectivity index (χ0) is 19.6. The summed E-state index contributed by atoms with van der Waals surface area (Å²) in [4.78, 5) is 8.75. The van der Waals surface area contributed by atoms with Gasteiger partial charge in [0.15, 0.2) is 0 Å². The molecule has 4 heteroatoms. The van der Waals surface area contributed by atoms with Crippen molar-refractivity contribution in [1.82, 2.24) is 9.97 Å². The third-order valence-corrected chi connectivity index (χ3v) is 4.87. The Balaban J connectivity index is 0.00000240. The summed E-state index contributed by atoms with van der Waals surface area (Å²) >= 11 is 0. The Morgan fingerprint density at radius 1 is 0.724 bits per heavy atom. The van der Waals surface area contributed by atoms with Crippen LogP contribution in [0.2, 0.25) is 0 Å². The van der Waals surface area contributed by atoms with Crippen molar-refractivity contribution in [2.45, 2.75) is 19.3 Å². The molecule has 2 aromatic heterocycles. The van der Waals surface area contributed by atoms with Gasteiger partial charge in [-0.2, -0.15) is 0 Å². The van der Waals surface area contributed by atoms with Gasteiger partial charge in [0.2, 0.25) is 0 Å². The second-order valence-corrected chi connectivity index (χ2v) is 7.13. The van der Waals surface area contributed by atoms with Crippen LogP contribution in [0.15, 0.2) is 79.1 Å². The predicted octanol–water partition coefficient (Wildman–Crippen LogP) is 5.87. The third kappa shape index (κ3) is 4.36. The quantitative estimate of drug-likeness (QED) is 0.291. The average Bonchev–Trinajstić information content (AvgIpc) is 2.75. The summed E-state index contributed by atoms with van der Waals surface area (Å²) in [6, 6.07) is 27.2. The summed E-state index contributed by atoms with van der Waals surface area (Å²) in [5.74, 6) is -0.290. The van der Waals surface area contributed by atoms with Gasteiger partial charge in [-0.1, -0.05) is 43.7 Å². The van der Waals surface area contributed by atoms with Crippen molar-refractivity contribution in [3.8, 4) is 22.5 Å². The first kappa shape index (κ1) is 21.1. The molecular weight excluding hydrogens is 542 g/mol. The largest absolute Gasteiger partial charge is 2.00 e. The summed E-state index contributed by atoms with van der Waals surface area (Å²) in [6.07, 6.45) is 3.48. The summed E-state index contributed by atoms with van der Waals surface area (Å²) in [5, 5.41) is 0. The van der Waals surface area contributed by atoms with E-state index in [1.54, 1.807) is 18.5 Å². The van der Waals surface area contributed by atoms with E-state index in [9.17, 15) is 4.39 Å². The fraction of sp³-hybridized carbons (Fsp3) is 0.120. The Hall–Kier alpha value is -2.64. The molecule has 146 valence electrons. The van der Waals surface area contributed by atoms with E-state index >= 15 is 0 Å². The van der Waals surface area contributed by atoms with Gasteiger partial charge >= 0.3 is 21.1 Å². The van der Waals surface area contributed by atoms with Gasteiger partial charge in [0.25, 0.3) is 0 Å². The molecular formula is C25H19FN2Pt. The molecule has 29 heavy (non-hydrogen) atoms. The fourth-order valence-corrected chi connectivity index (χ4v) is 3.24. The molecule has 0 unspecified atom stereocenters. The van der Waals surface area contributed by atoms with Gasteiger partial charge in [-0.3, -0.25) is 4.39 Å². The number of hydrogen-bond acceptors (Lipinski definition) is 2. The molecule has 4 aromatic rings.